The Morgan fingerprint density at radius 1 is 0.879 bits per heavy atom. The van der Waals surface area contributed by atoms with Crippen LogP contribution in [0.5, 0.6) is 0 Å². The monoisotopic (exact) mass is 466 g/mol. The number of hydrogen-bond acceptors (Lipinski definition) is 8. The van der Waals surface area contributed by atoms with E-state index < -0.39 is 25.6 Å². The van der Waals surface area contributed by atoms with Gasteiger partial charge in [0.2, 0.25) is 26.6 Å². The molecule has 0 atom stereocenters. The maximum Gasteiger partial charge on any atom is 0.269 e. The van der Waals surface area contributed by atoms with Gasteiger partial charge in [-0.2, -0.15) is 5.10 Å². The summed E-state index contributed by atoms with van der Waals surface area (Å²) in [5, 5.41) is 16.4. The molecule has 3 rings (SSSR count). The first-order chi connectivity index (χ1) is 15.7. The number of nitro benzene ring substituents is 1. The molecule has 0 unspecified atom stereocenters. The van der Waals surface area contributed by atoms with Gasteiger partial charge in [-0.15, -0.1) is 0 Å². The molecule has 0 fully saturated rings. The minimum absolute atomic E-state index is 0.111. The average molecular weight is 466 g/mol. The largest absolute Gasteiger partial charge is 0.326 e. The Kier molecular flexibility index (Phi) is 6.94. The molecule has 168 valence electrons. The van der Waals surface area contributed by atoms with E-state index in [0.717, 1.165) is 0 Å². The lowest BCUT2D eigenvalue weighted by Gasteiger charge is -2.10. The third kappa shape index (κ3) is 5.66. The maximum atomic E-state index is 13.3. The third-order valence-corrected chi connectivity index (χ3v) is 6.01. The molecule has 0 aromatic heterocycles. The van der Waals surface area contributed by atoms with Crippen LogP contribution >= 0.6 is 0 Å². The third-order valence-electron chi connectivity index (χ3n) is 4.33. The molecule has 0 saturated carbocycles. The Labute approximate surface area is 189 Å². The van der Waals surface area contributed by atoms with Crippen molar-refractivity contribution in [3.8, 4) is 0 Å². The highest BCUT2D eigenvalue weighted by molar-refractivity contribution is 8.08. The summed E-state index contributed by atoms with van der Waals surface area (Å²) in [5.41, 5.74) is 3.07. The fourth-order valence-electron chi connectivity index (χ4n) is 2.75. The molecule has 3 aromatic carbocycles. The van der Waals surface area contributed by atoms with Crippen molar-refractivity contribution < 1.29 is 22.9 Å². The van der Waals surface area contributed by atoms with E-state index in [1.165, 1.54) is 67.6 Å². The van der Waals surface area contributed by atoms with Crippen LogP contribution in [0.15, 0.2) is 88.9 Å². The zero-order chi connectivity index (χ0) is 24.0. The normalized spacial score (nSPS) is 11.5. The van der Waals surface area contributed by atoms with E-state index >= 15 is 0 Å². The first-order valence-corrected chi connectivity index (χ1v) is 11.0. The molecule has 0 aliphatic carbocycles. The second kappa shape index (κ2) is 9.83. The number of carbonyl (C=O) groups excluding carboxylic acids is 2. The van der Waals surface area contributed by atoms with Crippen LogP contribution < -0.4 is 10.7 Å². The Hall–Kier alpha value is -4.38. The van der Waals surface area contributed by atoms with Crippen molar-refractivity contribution >= 4 is 43.6 Å². The lowest BCUT2D eigenvalue weighted by atomic mass is 10.1. The van der Waals surface area contributed by atoms with Crippen LogP contribution in [0.2, 0.25) is 0 Å². The number of ketones is 1. The molecule has 0 radical (unpaired) electrons. The lowest BCUT2D eigenvalue weighted by Crippen LogP contribution is -2.26. The van der Waals surface area contributed by atoms with Crippen LogP contribution in [-0.4, -0.2) is 30.1 Å². The zero-order valence-electron chi connectivity index (χ0n) is 17.3. The molecule has 2 N–H and O–H groups in total. The standard InChI is InChI=1S/C22H18N4O6S/c1-15(27)23-17-9-13-20(14-10-17)33(31,32)22(21(28)16-5-3-2-4-6-16)25-24-18-7-11-19(12-8-18)26(29)30/h2-14,24H,1H3,(H,23,27)/b25-22-. The van der Waals surface area contributed by atoms with E-state index in [4.69, 9.17) is 0 Å². The first-order valence-electron chi connectivity index (χ1n) is 9.49. The fraction of sp³-hybridized carbons (Fsp3) is 0.0455. The number of nitrogens with zero attached hydrogens (tertiary/aromatic N) is 2. The van der Waals surface area contributed by atoms with E-state index in [-0.39, 0.29) is 27.7 Å². The first kappa shape index (κ1) is 23.3. The molecular weight excluding hydrogens is 448 g/mol. The summed E-state index contributed by atoms with van der Waals surface area (Å²) in [5.74, 6) is -1.16. The van der Waals surface area contributed by atoms with Gasteiger partial charge in [0, 0.05) is 30.3 Å². The van der Waals surface area contributed by atoms with Crippen LogP contribution in [0.25, 0.3) is 0 Å². The number of amides is 1. The van der Waals surface area contributed by atoms with Crippen molar-refractivity contribution in [1.29, 1.82) is 0 Å². The van der Waals surface area contributed by atoms with E-state index in [1.807, 2.05) is 0 Å². The average Bonchev–Trinajstić information content (AvgIpc) is 2.80. The molecule has 0 heterocycles. The Morgan fingerprint density at radius 2 is 1.45 bits per heavy atom. The van der Waals surface area contributed by atoms with Gasteiger partial charge in [-0.1, -0.05) is 30.3 Å². The molecule has 0 spiro atoms. The number of hydrazone groups is 1. The number of carbonyl (C=O) groups is 2. The highest BCUT2D eigenvalue weighted by Crippen LogP contribution is 2.20. The number of hydrogen-bond donors (Lipinski definition) is 2. The van der Waals surface area contributed by atoms with Gasteiger partial charge in [0.25, 0.3) is 5.69 Å². The van der Waals surface area contributed by atoms with Gasteiger partial charge >= 0.3 is 0 Å². The van der Waals surface area contributed by atoms with E-state index in [0.29, 0.717) is 5.69 Å². The zero-order valence-corrected chi connectivity index (χ0v) is 18.1. The smallest absolute Gasteiger partial charge is 0.269 e. The summed E-state index contributed by atoms with van der Waals surface area (Å²) in [6.45, 7) is 1.32. The van der Waals surface area contributed by atoms with Gasteiger partial charge < -0.3 is 5.32 Å². The van der Waals surface area contributed by atoms with Crippen LogP contribution in [-0.2, 0) is 14.6 Å². The van der Waals surface area contributed by atoms with Gasteiger partial charge in [0.15, 0.2) is 0 Å². The Morgan fingerprint density at radius 3 is 2.00 bits per heavy atom. The number of non-ortho nitro benzene ring substituents is 1. The van der Waals surface area contributed by atoms with Crippen LogP contribution in [0.4, 0.5) is 17.1 Å². The predicted octanol–water partition coefficient (Wildman–Crippen LogP) is 3.64. The predicted molar refractivity (Wildman–Crippen MR) is 123 cm³/mol. The summed E-state index contributed by atoms with van der Waals surface area (Å²) in [7, 11) is -4.37. The number of nitrogens with one attached hydrogen (secondary N) is 2. The molecule has 10 nitrogen and oxygen atoms in total. The topological polar surface area (TPSA) is 148 Å². The Balaban J connectivity index is 2.00. The fourth-order valence-corrected chi connectivity index (χ4v) is 4.00. The minimum atomic E-state index is -4.37. The molecule has 33 heavy (non-hydrogen) atoms. The van der Waals surface area contributed by atoms with E-state index in [2.05, 4.69) is 15.8 Å². The van der Waals surface area contributed by atoms with Gasteiger partial charge in [-0.05, 0) is 36.4 Å². The number of anilines is 2. The molecule has 0 aliphatic heterocycles. The number of benzene rings is 3. The van der Waals surface area contributed by atoms with Crippen LogP contribution in [0, 0.1) is 10.1 Å². The molecule has 0 saturated heterocycles. The number of rotatable bonds is 7. The van der Waals surface area contributed by atoms with Crippen molar-refractivity contribution in [1.82, 2.24) is 0 Å². The quantitative estimate of drug-likeness (QED) is 0.178. The second-order valence-electron chi connectivity index (χ2n) is 6.74. The second-order valence-corrected chi connectivity index (χ2v) is 8.60. The van der Waals surface area contributed by atoms with Crippen molar-refractivity contribution in [2.45, 2.75) is 11.8 Å². The molecule has 0 bridgehead atoms. The van der Waals surface area contributed by atoms with Crippen molar-refractivity contribution in [2.24, 2.45) is 5.10 Å². The SMILES string of the molecule is CC(=O)Nc1ccc(S(=O)(=O)/C(=N\Nc2ccc([N+](=O)[O-])cc2)C(=O)c2ccccc2)cc1. The molecule has 11 heteroatoms. The maximum absolute atomic E-state index is 13.3. The Bertz CT molecular complexity index is 1320. The van der Waals surface area contributed by atoms with Crippen LogP contribution in [0.3, 0.4) is 0 Å². The molecular formula is C22H18N4O6S. The van der Waals surface area contributed by atoms with Crippen molar-refractivity contribution in [2.75, 3.05) is 10.7 Å². The summed E-state index contributed by atoms with van der Waals surface area (Å²) >= 11 is 0. The van der Waals surface area contributed by atoms with Crippen LogP contribution in [0.1, 0.15) is 17.3 Å². The molecule has 3 aromatic rings. The van der Waals surface area contributed by atoms with Gasteiger partial charge in [0.05, 0.1) is 15.5 Å². The van der Waals surface area contributed by atoms with Gasteiger partial charge in [0.1, 0.15) is 0 Å². The number of nitro groups is 1. The minimum Gasteiger partial charge on any atom is -0.326 e. The highest BCUT2D eigenvalue weighted by atomic mass is 32.2. The number of sulfone groups is 1. The lowest BCUT2D eigenvalue weighted by molar-refractivity contribution is -0.384. The number of Topliss-reactive ketones (excluding diaryl/α,β-unsaturated/α-hetero) is 1. The summed E-state index contributed by atoms with van der Waals surface area (Å²) in [6.07, 6.45) is 0. The van der Waals surface area contributed by atoms with Gasteiger partial charge in [-0.25, -0.2) is 8.42 Å². The summed E-state index contributed by atoms with van der Waals surface area (Å²) in [4.78, 5) is 34.3. The van der Waals surface area contributed by atoms with E-state index in [9.17, 15) is 28.1 Å². The van der Waals surface area contributed by atoms with E-state index in [1.54, 1.807) is 18.2 Å². The molecule has 0 aliphatic rings. The molecule has 1 amide bonds. The van der Waals surface area contributed by atoms with Crippen molar-refractivity contribution in [3.63, 3.8) is 0 Å². The van der Waals surface area contributed by atoms with Gasteiger partial charge in [-0.3, -0.25) is 25.1 Å². The highest BCUT2D eigenvalue weighted by Gasteiger charge is 2.30. The summed E-state index contributed by atoms with van der Waals surface area (Å²) in [6, 6.07) is 18.1. The van der Waals surface area contributed by atoms with Crippen molar-refractivity contribution in [3.05, 3.63) is 94.5 Å². The summed E-state index contributed by atoms with van der Waals surface area (Å²) < 4.78 is 26.6.